The van der Waals surface area contributed by atoms with Crippen molar-refractivity contribution in [3.8, 4) is 0 Å². The van der Waals surface area contributed by atoms with E-state index in [9.17, 15) is 4.79 Å². The number of carbonyl (C=O) groups is 1. The zero-order valence-electron chi connectivity index (χ0n) is 10.2. The molecule has 1 heterocycles. The lowest BCUT2D eigenvalue weighted by atomic mass is 10.2. The number of hydrogen-bond donors (Lipinski definition) is 0. The van der Waals surface area contributed by atoms with Gasteiger partial charge in [-0.3, -0.25) is 4.79 Å². The highest BCUT2D eigenvalue weighted by molar-refractivity contribution is 6.22. The molecule has 4 heteroatoms. The van der Waals surface area contributed by atoms with E-state index in [2.05, 4.69) is 30.0 Å². The Labute approximate surface area is 107 Å². The lowest BCUT2D eigenvalue weighted by Gasteiger charge is -2.39. The number of amides is 1. The van der Waals surface area contributed by atoms with Crippen molar-refractivity contribution in [3.63, 3.8) is 0 Å². The molecule has 1 atom stereocenters. The Bertz CT molecular complexity index is 422. The zero-order valence-corrected chi connectivity index (χ0v) is 10.9. The molecule has 17 heavy (non-hydrogen) atoms. The first kappa shape index (κ1) is 12.2. The Morgan fingerprint density at radius 3 is 2.76 bits per heavy atom. The third kappa shape index (κ3) is 2.72. The monoisotopic (exact) mass is 252 g/mol. The number of nitrogens with zero attached hydrogens (tertiary/aromatic N) is 2. The van der Waals surface area contributed by atoms with Crippen molar-refractivity contribution in [2.75, 3.05) is 24.5 Å². The van der Waals surface area contributed by atoms with Gasteiger partial charge in [0, 0.05) is 25.7 Å². The van der Waals surface area contributed by atoms with Crippen molar-refractivity contribution < 1.29 is 4.79 Å². The molecule has 0 bridgehead atoms. The van der Waals surface area contributed by atoms with Gasteiger partial charge in [-0.1, -0.05) is 23.7 Å². The van der Waals surface area contributed by atoms with E-state index in [0.29, 0.717) is 6.54 Å². The van der Waals surface area contributed by atoms with Crippen LogP contribution in [0.2, 0.25) is 0 Å². The summed E-state index contributed by atoms with van der Waals surface area (Å²) < 4.78 is 0. The summed E-state index contributed by atoms with van der Waals surface area (Å²) in [6.45, 7) is 5.78. The Kier molecular flexibility index (Phi) is 3.57. The van der Waals surface area contributed by atoms with Crippen LogP contribution >= 0.6 is 11.6 Å². The molecule has 0 radical (unpaired) electrons. The third-order valence-electron chi connectivity index (χ3n) is 3.10. The molecule has 1 aromatic carbocycles. The fraction of sp³-hybridized carbons (Fsp3) is 0.462. The first-order valence-electron chi connectivity index (χ1n) is 5.81. The van der Waals surface area contributed by atoms with E-state index >= 15 is 0 Å². The van der Waals surface area contributed by atoms with Crippen LogP contribution in [0.15, 0.2) is 24.3 Å². The molecule has 0 aliphatic carbocycles. The average Bonchev–Trinajstić information content (AvgIpc) is 2.28. The SMILES string of the molecule is CC(=O)N1CCN(c2cccc(C)c2)C(Cl)C1. The van der Waals surface area contributed by atoms with Crippen LogP contribution in [-0.2, 0) is 4.79 Å². The smallest absolute Gasteiger partial charge is 0.219 e. The van der Waals surface area contributed by atoms with Crippen LogP contribution in [-0.4, -0.2) is 35.9 Å². The summed E-state index contributed by atoms with van der Waals surface area (Å²) in [4.78, 5) is 15.2. The first-order chi connectivity index (χ1) is 8.08. The van der Waals surface area contributed by atoms with Gasteiger partial charge in [0.2, 0.25) is 5.91 Å². The molecule has 3 nitrogen and oxygen atoms in total. The molecule has 1 aromatic rings. The highest BCUT2D eigenvalue weighted by Gasteiger charge is 2.26. The zero-order chi connectivity index (χ0) is 12.4. The fourth-order valence-electron chi connectivity index (χ4n) is 2.12. The second-order valence-corrected chi connectivity index (χ2v) is 4.94. The van der Waals surface area contributed by atoms with Crippen LogP contribution in [0.5, 0.6) is 0 Å². The summed E-state index contributed by atoms with van der Waals surface area (Å²) in [5.41, 5.74) is 2.21. The fourth-order valence-corrected chi connectivity index (χ4v) is 2.50. The maximum Gasteiger partial charge on any atom is 0.219 e. The van der Waals surface area contributed by atoms with Gasteiger partial charge in [-0.15, -0.1) is 0 Å². The Morgan fingerprint density at radius 1 is 1.41 bits per heavy atom. The van der Waals surface area contributed by atoms with Gasteiger partial charge in [0.05, 0.1) is 6.54 Å². The summed E-state index contributed by atoms with van der Waals surface area (Å²) in [5, 5.41) is 0. The summed E-state index contributed by atoms with van der Waals surface area (Å²) in [7, 11) is 0. The van der Waals surface area contributed by atoms with Crippen LogP contribution < -0.4 is 4.90 Å². The molecule has 2 rings (SSSR count). The number of anilines is 1. The van der Waals surface area contributed by atoms with Gasteiger partial charge in [-0.25, -0.2) is 0 Å². The number of benzene rings is 1. The second-order valence-electron chi connectivity index (χ2n) is 4.43. The van der Waals surface area contributed by atoms with Gasteiger partial charge in [0.25, 0.3) is 0 Å². The largest absolute Gasteiger partial charge is 0.352 e. The summed E-state index contributed by atoms with van der Waals surface area (Å²) in [6, 6.07) is 8.29. The quantitative estimate of drug-likeness (QED) is 0.565. The second kappa shape index (κ2) is 4.96. The summed E-state index contributed by atoms with van der Waals surface area (Å²) in [5.74, 6) is 0.0968. The van der Waals surface area contributed by atoms with Crippen molar-refractivity contribution in [1.82, 2.24) is 4.90 Å². The number of piperazine rings is 1. The number of halogens is 1. The van der Waals surface area contributed by atoms with Crippen molar-refractivity contribution >= 4 is 23.2 Å². The van der Waals surface area contributed by atoms with Crippen LogP contribution in [0.25, 0.3) is 0 Å². The minimum Gasteiger partial charge on any atom is -0.352 e. The highest BCUT2D eigenvalue weighted by Crippen LogP contribution is 2.23. The first-order valence-corrected chi connectivity index (χ1v) is 6.24. The van der Waals surface area contributed by atoms with Crippen molar-refractivity contribution in [2.45, 2.75) is 19.3 Å². The number of carbonyl (C=O) groups excluding carboxylic acids is 1. The van der Waals surface area contributed by atoms with Gasteiger partial charge in [0.15, 0.2) is 0 Å². The standard InChI is InChI=1S/C13H17ClN2O/c1-10-4-3-5-12(8-10)16-7-6-15(11(2)17)9-13(16)14/h3-5,8,13H,6-7,9H2,1-2H3. The molecule has 92 valence electrons. The molecular formula is C13H17ClN2O. The summed E-state index contributed by atoms with van der Waals surface area (Å²) >= 11 is 6.34. The highest BCUT2D eigenvalue weighted by atomic mass is 35.5. The number of hydrogen-bond acceptors (Lipinski definition) is 2. The van der Waals surface area contributed by atoms with Crippen LogP contribution in [0.4, 0.5) is 5.69 Å². The van der Waals surface area contributed by atoms with Crippen molar-refractivity contribution in [3.05, 3.63) is 29.8 Å². The van der Waals surface area contributed by atoms with Gasteiger partial charge < -0.3 is 9.80 Å². The topological polar surface area (TPSA) is 23.6 Å². The lowest BCUT2D eigenvalue weighted by Crippen LogP contribution is -2.52. The Hall–Kier alpha value is -1.22. The van der Waals surface area contributed by atoms with Crippen LogP contribution in [0.3, 0.4) is 0 Å². The minimum absolute atomic E-state index is 0.0968. The van der Waals surface area contributed by atoms with Crippen molar-refractivity contribution in [1.29, 1.82) is 0 Å². The molecule has 1 saturated heterocycles. The molecule has 0 spiro atoms. The van der Waals surface area contributed by atoms with E-state index in [1.165, 1.54) is 5.56 Å². The van der Waals surface area contributed by atoms with Gasteiger partial charge in [-0.2, -0.15) is 0 Å². The molecule has 0 aromatic heterocycles. The van der Waals surface area contributed by atoms with Gasteiger partial charge in [0.1, 0.15) is 5.50 Å². The van der Waals surface area contributed by atoms with E-state index in [-0.39, 0.29) is 11.4 Å². The molecule has 1 fully saturated rings. The van der Waals surface area contributed by atoms with Crippen LogP contribution in [0.1, 0.15) is 12.5 Å². The van der Waals surface area contributed by atoms with E-state index in [1.807, 2.05) is 6.07 Å². The predicted octanol–water partition coefficient (Wildman–Crippen LogP) is 2.23. The van der Waals surface area contributed by atoms with Crippen molar-refractivity contribution in [2.24, 2.45) is 0 Å². The lowest BCUT2D eigenvalue weighted by molar-refractivity contribution is -0.129. The van der Waals surface area contributed by atoms with E-state index in [4.69, 9.17) is 11.6 Å². The van der Waals surface area contributed by atoms with E-state index < -0.39 is 0 Å². The molecule has 1 aliphatic heterocycles. The van der Waals surface area contributed by atoms with Gasteiger partial charge in [-0.05, 0) is 24.6 Å². The average molecular weight is 253 g/mol. The maximum absolute atomic E-state index is 11.3. The molecular weight excluding hydrogens is 236 g/mol. The third-order valence-corrected chi connectivity index (χ3v) is 3.47. The van der Waals surface area contributed by atoms with E-state index in [1.54, 1.807) is 11.8 Å². The molecule has 1 unspecified atom stereocenters. The molecule has 1 amide bonds. The summed E-state index contributed by atoms with van der Waals surface area (Å²) in [6.07, 6.45) is 0. The number of aryl methyl sites for hydroxylation is 1. The maximum atomic E-state index is 11.3. The molecule has 0 N–H and O–H groups in total. The van der Waals surface area contributed by atoms with Gasteiger partial charge >= 0.3 is 0 Å². The number of alkyl halides is 1. The predicted molar refractivity (Wildman–Crippen MR) is 70.4 cm³/mol. The van der Waals surface area contributed by atoms with Crippen LogP contribution in [0, 0.1) is 6.92 Å². The normalized spacial score (nSPS) is 20.5. The minimum atomic E-state index is -0.144. The molecule has 0 saturated carbocycles. The molecule has 1 aliphatic rings. The van der Waals surface area contributed by atoms with E-state index in [0.717, 1.165) is 18.8 Å². The Balaban J connectivity index is 2.12. The number of rotatable bonds is 1. The Morgan fingerprint density at radius 2 is 2.18 bits per heavy atom.